The van der Waals surface area contributed by atoms with Crippen LogP contribution in [0.15, 0.2) is 4.52 Å². The van der Waals surface area contributed by atoms with Crippen LogP contribution in [0.25, 0.3) is 0 Å². The number of hydrogen-bond acceptors (Lipinski definition) is 7. The van der Waals surface area contributed by atoms with Crippen LogP contribution >= 0.6 is 0 Å². The van der Waals surface area contributed by atoms with E-state index in [1.54, 1.807) is 11.8 Å². The van der Waals surface area contributed by atoms with Crippen LogP contribution in [0.5, 0.6) is 0 Å². The fraction of sp³-hybridized carbons (Fsp3) is 0.769. The van der Waals surface area contributed by atoms with E-state index >= 15 is 0 Å². The Morgan fingerprint density at radius 3 is 2.77 bits per heavy atom. The molecule has 0 N–H and O–H groups in total. The molecule has 2 rings (SSSR count). The molecule has 0 radical (unpaired) electrons. The van der Waals surface area contributed by atoms with Gasteiger partial charge >= 0.3 is 0 Å². The molecule has 124 valence electrons. The smallest absolute Gasteiger partial charge is 0.223 e. The molecule has 0 bridgehead atoms. The Bertz CT molecular complexity index is 628. The molecule has 1 atom stereocenters. The number of hydrogen-bond donors (Lipinski definition) is 0. The second-order valence-electron chi connectivity index (χ2n) is 5.75. The zero-order chi connectivity index (χ0) is 16.3. The van der Waals surface area contributed by atoms with Gasteiger partial charge in [0.15, 0.2) is 5.82 Å². The highest BCUT2D eigenvalue weighted by molar-refractivity contribution is 7.90. The van der Waals surface area contributed by atoms with Crippen molar-refractivity contribution in [3.05, 3.63) is 11.7 Å². The fourth-order valence-corrected chi connectivity index (χ4v) is 3.21. The van der Waals surface area contributed by atoms with Crippen LogP contribution in [0.4, 0.5) is 0 Å². The minimum atomic E-state index is -2.97. The number of carbonyl (C=O) groups is 1. The maximum atomic E-state index is 11.9. The fourth-order valence-electron chi connectivity index (χ4n) is 2.62. The Hall–Kier alpha value is -1.48. The molecule has 1 aromatic rings. The predicted molar refractivity (Wildman–Crippen MR) is 79.8 cm³/mol. The quantitative estimate of drug-likeness (QED) is 0.715. The first-order chi connectivity index (χ1) is 10.2. The van der Waals surface area contributed by atoms with Gasteiger partial charge in [-0.15, -0.1) is 0 Å². The van der Waals surface area contributed by atoms with Gasteiger partial charge in [0.2, 0.25) is 11.8 Å². The van der Waals surface area contributed by atoms with Crippen molar-refractivity contribution in [3.63, 3.8) is 0 Å². The van der Waals surface area contributed by atoms with E-state index in [2.05, 4.69) is 15.0 Å². The van der Waals surface area contributed by atoms with Gasteiger partial charge in [0, 0.05) is 45.8 Å². The van der Waals surface area contributed by atoms with E-state index in [-0.39, 0.29) is 17.7 Å². The van der Waals surface area contributed by atoms with Gasteiger partial charge in [-0.2, -0.15) is 4.98 Å². The van der Waals surface area contributed by atoms with Crippen molar-refractivity contribution in [2.24, 2.45) is 0 Å². The number of likely N-dealkylation sites (tertiary alicyclic amines) is 1. The molecule has 0 aliphatic carbocycles. The highest BCUT2D eigenvalue weighted by Gasteiger charge is 2.30. The summed E-state index contributed by atoms with van der Waals surface area (Å²) in [5.41, 5.74) is 0. The van der Waals surface area contributed by atoms with Crippen molar-refractivity contribution >= 4 is 15.7 Å². The molecular formula is C13H22N4O4S. The highest BCUT2D eigenvalue weighted by atomic mass is 32.2. The van der Waals surface area contributed by atoms with Crippen molar-refractivity contribution < 1.29 is 17.7 Å². The largest absolute Gasteiger partial charge is 0.340 e. The van der Waals surface area contributed by atoms with E-state index in [0.29, 0.717) is 31.3 Å². The van der Waals surface area contributed by atoms with Crippen molar-refractivity contribution in [2.75, 3.05) is 31.6 Å². The Morgan fingerprint density at radius 2 is 2.23 bits per heavy atom. The molecule has 1 aromatic heterocycles. The monoisotopic (exact) mass is 330 g/mol. The van der Waals surface area contributed by atoms with Crippen LogP contribution < -0.4 is 0 Å². The van der Waals surface area contributed by atoms with Gasteiger partial charge in [-0.05, 0) is 6.42 Å². The molecule has 1 unspecified atom stereocenters. The maximum Gasteiger partial charge on any atom is 0.223 e. The summed E-state index contributed by atoms with van der Waals surface area (Å²) in [4.78, 5) is 19.8. The number of aryl methyl sites for hydroxylation is 1. The van der Waals surface area contributed by atoms with Crippen molar-refractivity contribution in [1.82, 2.24) is 19.9 Å². The molecule has 1 fully saturated rings. The van der Waals surface area contributed by atoms with Crippen molar-refractivity contribution in [2.45, 2.75) is 32.9 Å². The van der Waals surface area contributed by atoms with Gasteiger partial charge in [-0.1, -0.05) is 5.16 Å². The summed E-state index contributed by atoms with van der Waals surface area (Å²) in [6.45, 7) is 5.50. The molecule has 22 heavy (non-hydrogen) atoms. The van der Waals surface area contributed by atoms with Gasteiger partial charge in [0.1, 0.15) is 9.84 Å². The molecule has 1 aliphatic heterocycles. The van der Waals surface area contributed by atoms with Crippen LogP contribution in [0, 0.1) is 6.92 Å². The van der Waals surface area contributed by atoms with E-state index in [1.165, 1.54) is 13.2 Å². The average molecular weight is 330 g/mol. The molecule has 1 amide bonds. The Balaban J connectivity index is 1.94. The van der Waals surface area contributed by atoms with Gasteiger partial charge in [0.25, 0.3) is 0 Å². The van der Waals surface area contributed by atoms with E-state index < -0.39 is 9.84 Å². The first-order valence-corrected chi connectivity index (χ1v) is 9.27. The van der Waals surface area contributed by atoms with Crippen LogP contribution in [-0.2, 0) is 21.2 Å². The molecule has 0 saturated carbocycles. The first-order valence-electron chi connectivity index (χ1n) is 7.21. The SMILES string of the molecule is CC(=O)N(Cc1noc(C)n1)C1CCN(CCS(C)(=O)=O)C1. The molecule has 0 spiro atoms. The van der Waals surface area contributed by atoms with Gasteiger partial charge in [-0.3, -0.25) is 4.79 Å². The van der Waals surface area contributed by atoms with Crippen molar-refractivity contribution in [1.29, 1.82) is 0 Å². The third kappa shape index (κ3) is 4.77. The zero-order valence-corrected chi connectivity index (χ0v) is 14.0. The van der Waals surface area contributed by atoms with E-state index in [4.69, 9.17) is 4.52 Å². The lowest BCUT2D eigenvalue weighted by atomic mass is 10.2. The summed E-state index contributed by atoms with van der Waals surface area (Å²) in [5.74, 6) is 1.06. The molecular weight excluding hydrogens is 308 g/mol. The second-order valence-corrected chi connectivity index (χ2v) is 8.01. The Morgan fingerprint density at radius 1 is 1.50 bits per heavy atom. The highest BCUT2D eigenvalue weighted by Crippen LogP contribution is 2.18. The molecule has 1 saturated heterocycles. The Kier molecular flexibility index (Phi) is 5.17. The number of aromatic nitrogens is 2. The maximum absolute atomic E-state index is 11.9. The summed E-state index contributed by atoms with van der Waals surface area (Å²) >= 11 is 0. The van der Waals surface area contributed by atoms with E-state index in [0.717, 1.165) is 13.0 Å². The van der Waals surface area contributed by atoms with Crippen molar-refractivity contribution in [3.8, 4) is 0 Å². The summed E-state index contributed by atoms with van der Waals surface area (Å²) in [7, 11) is -2.97. The second kappa shape index (κ2) is 6.74. The summed E-state index contributed by atoms with van der Waals surface area (Å²) < 4.78 is 27.4. The van der Waals surface area contributed by atoms with Crippen LogP contribution in [0.3, 0.4) is 0 Å². The summed E-state index contributed by atoms with van der Waals surface area (Å²) in [6.07, 6.45) is 2.06. The van der Waals surface area contributed by atoms with Crippen LogP contribution in [0.1, 0.15) is 25.1 Å². The first kappa shape index (κ1) is 16.9. The third-order valence-electron chi connectivity index (χ3n) is 3.75. The number of carbonyl (C=O) groups excluding carboxylic acids is 1. The van der Waals surface area contributed by atoms with E-state index in [1.807, 2.05) is 0 Å². The summed E-state index contributed by atoms with van der Waals surface area (Å²) in [6, 6.07) is 0.0517. The molecule has 9 heteroatoms. The zero-order valence-electron chi connectivity index (χ0n) is 13.2. The minimum absolute atomic E-state index is 0.0441. The average Bonchev–Trinajstić information content (AvgIpc) is 3.01. The third-order valence-corrected chi connectivity index (χ3v) is 4.68. The molecule has 2 heterocycles. The summed E-state index contributed by atoms with van der Waals surface area (Å²) in [5, 5.41) is 3.82. The Labute approximate surface area is 130 Å². The topological polar surface area (TPSA) is 96.6 Å². The van der Waals surface area contributed by atoms with Crippen LogP contribution in [0.2, 0.25) is 0 Å². The van der Waals surface area contributed by atoms with E-state index in [9.17, 15) is 13.2 Å². The number of sulfone groups is 1. The van der Waals surface area contributed by atoms with Gasteiger partial charge in [-0.25, -0.2) is 8.42 Å². The van der Waals surface area contributed by atoms with Gasteiger partial charge < -0.3 is 14.3 Å². The number of nitrogens with zero attached hydrogens (tertiary/aromatic N) is 4. The lowest BCUT2D eigenvalue weighted by Crippen LogP contribution is -2.41. The number of rotatable bonds is 6. The molecule has 1 aliphatic rings. The van der Waals surface area contributed by atoms with Crippen LogP contribution in [-0.4, -0.2) is 72.0 Å². The predicted octanol–water partition coefficient (Wildman–Crippen LogP) is -0.155. The standard InChI is InChI=1S/C13H22N4O4S/c1-10-14-13(15-21-10)9-17(11(2)18)12-4-5-16(8-12)6-7-22(3,19)20/h12H,4-9H2,1-3H3. The number of amides is 1. The van der Waals surface area contributed by atoms with Gasteiger partial charge in [0.05, 0.1) is 12.3 Å². The lowest BCUT2D eigenvalue weighted by molar-refractivity contribution is -0.131. The molecule has 8 nitrogen and oxygen atoms in total. The molecule has 0 aromatic carbocycles. The normalized spacial score (nSPS) is 19.5. The lowest BCUT2D eigenvalue weighted by Gasteiger charge is -2.27. The minimum Gasteiger partial charge on any atom is -0.340 e.